The molecule has 3 heterocycles. The first-order valence-electron chi connectivity index (χ1n) is 11.4. The van der Waals surface area contributed by atoms with Gasteiger partial charge in [-0.15, -0.1) is 5.10 Å². The minimum atomic E-state index is -0.658. The van der Waals surface area contributed by atoms with Crippen molar-refractivity contribution in [3.63, 3.8) is 0 Å². The molecular formula is C24H30ClN5O4. The molecule has 0 bridgehead atoms. The third-order valence-corrected chi connectivity index (χ3v) is 6.04. The van der Waals surface area contributed by atoms with E-state index in [-0.39, 0.29) is 23.3 Å². The monoisotopic (exact) mass is 487 g/mol. The van der Waals surface area contributed by atoms with E-state index in [9.17, 15) is 9.59 Å². The van der Waals surface area contributed by atoms with Gasteiger partial charge in [0.15, 0.2) is 5.52 Å². The lowest BCUT2D eigenvalue weighted by Gasteiger charge is -2.25. The summed E-state index contributed by atoms with van der Waals surface area (Å²) >= 11 is 6.51. The summed E-state index contributed by atoms with van der Waals surface area (Å²) in [6, 6.07) is 7.14. The molecule has 1 fully saturated rings. The molecule has 0 radical (unpaired) electrons. The van der Waals surface area contributed by atoms with E-state index in [0.717, 1.165) is 24.0 Å². The van der Waals surface area contributed by atoms with Crippen molar-refractivity contribution < 1.29 is 14.3 Å². The third kappa shape index (κ3) is 5.42. The number of carbonyl (C=O) groups is 1. The van der Waals surface area contributed by atoms with Crippen molar-refractivity contribution in [2.45, 2.75) is 64.6 Å². The van der Waals surface area contributed by atoms with E-state index in [1.807, 2.05) is 31.2 Å². The number of nitrogens with one attached hydrogen (secondary N) is 1. The van der Waals surface area contributed by atoms with Gasteiger partial charge in [0, 0.05) is 19.1 Å². The number of halogens is 1. The Labute approximate surface area is 203 Å². The van der Waals surface area contributed by atoms with E-state index < -0.39 is 17.7 Å². The van der Waals surface area contributed by atoms with Crippen molar-refractivity contribution in [2.75, 3.05) is 13.2 Å². The second kappa shape index (κ2) is 9.76. The molecule has 0 aliphatic carbocycles. The zero-order valence-corrected chi connectivity index (χ0v) is 20.6. The molecule has 1 N–H and O–H groups in total. The number of carbonyl (C=O) groups excluding carboxylic acids is 1. The second-order valence-electron chi connectivity index (χ2n) is 9.59. The number of ether oxygens (including phenoxy) is 2. The number of hydrogen-bond acceptors (Lipinski definition) is 6. The molecule has 1 aromatic carbocycles. The van der Waals surface area contributed by atoms with E-state index in [2.05, 4.69) is 15.4 Å². The number of rotatable bonds is 5. The van der Waals surface area contributed by atoms with E-state index in [4.69, 9.17) is 21.1 Å². The molecule has 0 unspecified atom stereocenters. The van der Waals surface area contributed by atoms with Gasteiger partial charge >= 0.3 is 6.09 Å². The highest BCUT2D eigenvalue weighted by molar-refractivity contribution is 6.28. The SMILES string of the molecule is Cc1ccc([C@@H](Cn2c(Cl)nn3c(C4CCOCC4)ncc3c2=O)NC(=O)OC(C)(C)C)cc1. The van der Waals surface area contributed by atoms with Crippen LogP contribution >= 0.6 is 11.6 Å². The van der Waals surface area contributed by atoms with E-state index in [0.29, 0.717) is 24.6 Å². The highest BCUT2D eigenvalue weighted by atomic mass is 35.5. The second-order valence-corrected chi connectivity index (χ2v) is 9.93. The van der Waals surface area contributed by atoms with Crippen LogP contribution in [0.1, 0.15) is 62.5 Å². The molecule has 182 valence electrons. The first-order valence-corrected chi connectivity index (χ1v) is 11.8. The number of imidazole rings is 1. The molecule has 10 heteroatoms. The van der Waals surface area contributed by atoms with Gasteiger partial charge in [0.2, 0.25) is 5.28 Å². The lowest BCUT2D eigenvalue weighted by molar-refractivity contribution is 0.0498. The maximum atomic E-state index is 13.4. The van der Waals surface area contributed by atoms with Gasteiger partial charge in [-0.1, -0.05) is 29.8 Å². The van der Waals surface area contributed by atoms with Crippen molar-refractivity contribution in [1.82, 2.24) is 24.5 Å². The highest BCUT2D eigenvalue weighted by Crippen LogP contribution is 2.26. The molecule has 1 atom stereocenters. The fourth-order valence-corrected chi connectivity index (χ4v) is 4.25. The van der Waals surface area contributed by atoms with Gasteiger partial charge < -0.3 is 14.8 Å². The van der Waals surface area contributed by atoms with Crippen molar-refractivity contribution in [2.24, 2.45) is 0 Å². The van der Waals surface area contributed by atoms with Crippen LogP contribution in [0.5, 0.6) is 0 Å². The summed E-state index contributed by atoms with van der Waals surface area (Å²) in [5, 5.41) is 7.36. The number of aromatic nitrogens is 4. The normalized spacial score (nSPS) is 15.9. The molecule has 1 aliphatic heterocycles. The van der Waals surface area contributed by atoms with E-state index >= 15 is 0 Å². The van der Waals surface area contributed by atoms with Crippen molar-refractivity contribution in [3.05, 3.63) is 63.1 Å². The van der Waals surface area contributed by atoms with Crippen molar-refractivity contribution in [3.8, 4) is 0 Å². The Balaban J connectivity index is 1.68. The summed E-state index contributed by atoms with van der Waals surface area (Å²) in [7, 11) is 0. The van der Waals surface area contributed by atoms with Gasteiger partial charge in [-0.3, -0.25) is 9.36 Å². The number of aryl methyl sites for hydroxylation is 1. The molecule has 2 aromatic heterocycles. The lowest BCUT2D eigenvalue weighted by atomic mass is 10.00. The van der Waals surface area contributed by atoms with Gasteiger partial charge in [0.25, 0.3) is 5.56 Å². The van der Waals surface area contributed by atoms with Gasteiger partial charge in [-0.25, -0.2) is 14.3 Å². The molecule has 0 saturated carbocycles. The predicted octanol–water partition coefficient (Wildman–Crippen LogP) is 4.01. The van der Waals surface area contributed by atoms with E-state index in [1.54, 1.807) is 25.3 Å². The fraction of sp³-hybridized carbons (Fsp3) is 0.500. The summed E-state index contributed by atoms with van der Waals surface area (Å²) < 4.78 is 13.8. The summed E-state index contributed by atoms with van der Waals surface area (Å²) in [6.07, 6.45) is 2.59. The first-order chi connectivity index (χ1) is 16.1. The predicted molar refractivity (Wildman–Crippen MR) is 128 cm³/mol. The Bertz CT molecular complexity index is 1220. The lowest BCUT2D eigenvalue weighted by Crippen LogP contribution is -2.38. The van der Waals surface area contributed by atoms with Gasteiger partial charge in [0.1, 0.15) is 11.4 Å². The summed E-state index contributed by atoms with van der Waals surface area (Å²) in [6.45, 7) is 8.75. The maximum absolute atomic E-state index is 13.4. The number of amides is 1. The maximum Gasteiger partial charge on any atom is 0.408 e. The number of alkyl carbamates (subject to hydrolysis) is 1. The van der Waals surface area contributed by atoms with Crippen LogP contribution < -0.4 is 10.9 Å². The standard InChI is InChI=1S/C24H30ClN5O4/c1-15-5-7-16(8-6-15)18(27-23(32)34-24(2,3)4)14-29-21(31)19-13-26-20(30(19)28-22(29)25)17-9-11-33-12-10-17/h5-8,13,17-18H,9-12,14H2,1-4H3,(H,27,32)/t18-/m1/s1. The summed E-state index contributed by atoms with van der Waals surface area (Å²) in [5.74, 6) is 0.871. The smallest absolute Gasteiger partial charge is 0.408 e. The number of nitrogens with zero attached hydrogens (tertiary/aromatic N) is 4. The molecule has 9 nitrogen and oxygen atoms in total. The topological polar surface area (TPSA) is 99.8 Å². The van der Waals surface area contributed by atoms with E-state index in [1.165, 1.54) is 10.8 Å². The molecular weight excluding hydrogens is 458 g/mol. The van der Waals surface area contributed by atoms with Crippen molar-refractivity contribution in [1.29, 1.82) is 0 Å². The highest BCUT2D eigenvalue weighted by Gasteiger charge is 2.25. The average Bonchev–Trinajstić information content (AvgIpc) is 3.19. The van der Waals surface area contributed by atoms with Gasteiger partial charge in [0.05, 0.1) is 18.8 Å². The van der Waals surface area contributed by atoms with Crippen LogP contribution in [0.3, 0.4) is 0 Å². The quantitative estimate of drug-likeness (QED) is 0.583. The number of fused-ring (bicyclic) bond motifs is 1. The van der Waals surface area contributed by atoms with Gasteiger partial charge in [-0.2, -0.15) is 0 Å². The molecule has 0 spiro atoms. The Morgan fingerprint density at radius 3 is 2.59 bits per heavy atom. The van der Waals surface area contributed by atoms with Crippen LogP contribution in [0.2, 0.25) is 5.28 Å². The molecule has 4 rings (SSSR count). The molecule has 3 aromatic rings. The Kier molecular flexibility index (Phi) is 6.95. The molecule has 1 aliphatic rings. The Morgan fingerprint density at radius 2 is 1.94 bits per heavy atom. The fourth-order valence-electron chi connectivity index (χ4n) is 4.03. The van der Waals surface area contributed by atoms with Crippen molar-refractivity contribution >= 4 is 23.2 Å². The van der Waals surface area contributed by atoms with Crippen LogP contribution in [0, 0.1) is 6.92 Å². The number of benzene rings is 1. The van der Waals surface area contributed by atoms with Crippen LogP contribution in [-0.2, 0) is 16.0 Å². The summed E-state index contributed by atoms with van der Waals surface area (Å²) in [5.41, 5.74) is 1.25. The number of hydrogen-bond donors (Lipinski definition) is 1. The molecule has 34 heavy (non-hydrogen) atoms. The zero-order chi connectivity index (χ0) is 24.5. The van der Waals surface area contributed by atoms with Crippen LogP contribution in [0.4, 0.5) is 4.79 Å². The minimum absolute atomic E-state index is 0.0203. The third-order valence-electron chi connectivity index (χ3n) is 5.76. The van der Waals surface area contributed by atoms with Crippen LogP contribution in [0.25, 0.3) is 5.52 Å². The first kappa shape index (κ1) is 24.2. The molecule has 1 saturated heterocycles. The Hall–Kier alpha value is -2.91. The minimum Gasteiger partial charge on any atom is -0.444 e. The largest absolute Gasteiger partial charge is 0.444 e. The van der Waals surface area contributed by atoms with Crippen LogP contribution in [-0.4, -0.2) is 44.1 Å². The van der Waals surface area contributed by atoms with Gasteiger partial charge in [-0.05, 0) is 57.7 Å². The summed E-state index contributed by atoms with van der Waals surface area (Å²) in [4.78, 5) is 30.4. The van der Waals surface area contributed by atoms with Crippen LogP contribution in [0.15, 0.2) is 35.3 Å². The average molecular weight is 488 g/mol. The molecule has 1 amide bonds. The Morgan fingerprint density at radius 1 is 1.26 bits per heavy atom. The zero-order valence-electron chi connectivity index (χ0n) is 19.9.